The maximum atomic E-state index is 14.6. The van der Waals surface area contributed by atoms with E-state index in [4.69, 9.17) is 11.4 Å². The number of hydrogen-bond acceptors (Lipinski definition) is 6. The van der Waals surface area contributed by atoms with Gasteiger partial charge in [0.15, 0.2) is 0 Å². The fraction of sp³-hybridized carbons (Fsp3) is 0.200. The van der Waals surface area contributed by atoms with Crippen LogP contribution in [0.3, 0.4) is 0 Å². The molecule has 0 saturated carbocycles. The molecule has 8 nitrogen and oxygen atoms in total. The topological polar surface area (TPSA) is 78.3 Å². The lowest BCUT2D eigenvalue weighted by Gasteiger charge is -2.35. The number of aryl methyl sites for hydroxylation is 1. The van der Waals surface area contributed by atoms with Crippen molar-refractivity contribution in [2.24, 2.45) is 7.05 Å². The minimum atomic E-state index is -0.306. The number of fused-ring (bicyclic) bond motifs is 1. The van der Waals surface area contributed by atoms with Gasteiger partial charge in [-0.2, -0.15) is 15.5 Å². The molecule has 0 bridgehead atoms. The summed E-state index contributed by atoms with van der Waals surface area (Å²) < 4.78 is 18.1. The van der Waals surface area contributed by atoms with E-state index < -0.39 is 0 Å². The molecule has 1 aromatic carbocycles. The summed E-state index contributed by atoms with van der Waals surface area (Å²) in [6.07, 6.45) is 14.5. The van der Waals surface area contributed by atoms with Gasteiger partial charge in [-0.1, -0.05) is 18.1 Å². The van der Waals surface area contributed by atoms with Crippen LogP contribution in [0.25, 0.3) is 27.8 Å². The second kappa shape index (κ2) is 10.1. The molecule has 9 heteroatoms. The summed E-state index contributed by atoms with van der Waals surface area (Å²) in [6.45, 7) is 3.67. The highest BCUT2D eigenvalue weighted by atomic mass is 19.1. The zero-order valence-corrected chi connectivity index (χ0v) is 21.4. The van der Waals surface area contributed by atoms with Crippen LogP contribution in [0.15, 0.2) is 67.4 Å². The Labute approximate surface area is 225 Å². The lowest BCUT2D eigenvalue weighted by Crippen LogP contribution is -2.46. The van der Waals surface area contributed by atoms with Gasteiger partial charge in [-0.15, -0.1) is 6.42 Å². The van der Waals surface area contributed by atoms with Crippen molar-refractivity contribution < 1.29 is 4.39 Å². The van der Waals surface area contributed by atoms with Gasteiger partial charge in [0.25, 0.3) is 0 Å². The Kier molecular flexibility index (Phi) is 6.28. The molecular formula is C30H25FN8. The van der Waals surface area contributed by atoms with Gasteiger partial charge in [0, 0.05) is 86.2 Å². The quantitative estimate of drug-likeness (QED) is 0.327. The summed E-state index contributed by atoms with van der Waals surface area (Å²) >= 11 is 0. The number of halogens is 1. The third-order valence-corrected chi connectivity index (χ3v) is 7.15. The van der Waals surface area contributed by atoms with Gasteiger partial charge >= 0.3 is 0 Å². The SMILES string of the molecule is C#Cc1cccc(CN2CCN(c3ccc(-c4cc(-c5cnn(C)c5)cn5ncc(C#N)c45)cn3)CC2)c1F. The summed E-state index contributed by atoms with van der Waals surface area (Å²) in [5.74, 6) is 2.99. The van der Waals surface area contributed by atoms with E-state index in [1.807, 2.05) is 37.8 Å². The average molecular weight is 517 g/mol. The lowest BCUT2D eigenvalue weighted by molar-refractivity contribution is 0.246. The first-order valence-corrected chi connectivity index (χ1v) is 12.6. The van der Waals surface area contributed by atoms with Crippen LogP contribution in [0.1, 0.15) is 16.7 Å². The number of terminal acetylenes is 1. The van der Waals surface area contributed by atoms with Crippen LogP contribution in [0.5, 0.6) is 0 Å². The molecule has 0 atom stereocenters. The Morgan fingerprint density at radius 2 is 1.79 bits per heavy atom. The Bertz CT molecular complexity index is 1740. The number of nitrogens with zero attached hydrogens (tertiary/aromatic N) is 8. The van der Waals surface area contributed by atoms with Crippen molar-refractivity contribution >= 4 is 11.3 Å². The Hall–Kier alpha value is -4.99. The van der Waals surface area contributed by atoms with Crippen LogP contribution < -0.4 is 4.90 Å². The Morgan fingerprint density at radius 3 is 2.49 bits per heavy atom. The molecule has 0 amide bonds. The highest BCUT2D eigenvalue weighted by Crippen LogP contribution is 2.32. The summed E-state index contributed by atoms with van der Waals surface area (Å²) in [5, 5.41) is 18.4. The number of nitriles is 1. The fourth-order valence-corrected chi connectivity index (χ4v) is 5.07. The van der Waals surface area contributed by atoms with Gasteiger partial charge in [0.05, 0.1) is 29.0 Å². The highest BCUT2D eigenvalue weighted by molar-refractivity contribution is 5.87. The summed E-state index contributed by atoms with van der Waals surface area (Å²) in [4.78, 5) is 9.24. The first kappa shape index (κ1) is 24.4. The van der Waals surface area contributed by atoms with E-state index in [9.17, 15) is 9.65 Å². The molecule has 1 fully saturated rings. The maximum Gasteiger partial charge on any atom is 0.143 e. The molecule has 1 aliphatic heterocycles. The molecule has 0 unspecified atom stereocenters. The number of benzene rings is 1. The maximum absolute atomic E-state index is 14.6. The van der Waals surface area contributed by atoms with Crippen molar-refractivity contribution in [1.82, 2.24) is 29.3 Å². The van der Waals surface area contributed by atoms with Gasteiger partial charge in [-0.25, -0.2) is 13.9 Å². The van der Waals surface area contributed by atoms with Gasteiger partial charge in [-0.3, -0.25) is 9.58 Å². The van der Waals surface area contributed by atoms with Crippen molar-refractivity contribution in [3.63, 3.8) is 0 Å². The third kappa shape index (κ3) is 4.61. The molecule has 5 heterocycles. The summed E-state index contributed by atoms with van der Waals surface area (Å²) in [7, 11) is 1.88. The number of pyridine rings is 2. The van der Waals surface area contributed by atoms with Gasteiger partial charge in [-0.05, 0) is 24.3 Å². The molecule has 5 aromatic rings. The van der Waals surface area contributed by atoms with Crippen molar-refractivity contribution in [3.8, 4) is 40.7 Å². The van der Waals surface area contributed by atoms with Crippen LogP contribution in [0, 0.1) is 29.5 Å². The molecule has 0 aliphatic carbocycles. The Balaban J connectivity index is 1.22. The van der Waals surface area contributed by atoms with E-state index in [1.165, 1.54) is 0 Å². The first-order valence-electron chi connectivity index (χ1n) is 12.6. The number of aromatic nitrogens is 5. The molecule has 0 radical (unpaired) electrons. The minimum Gasteiger partial charge on any atom is -0.354 e. The number of rotatable bonds is 5. The standard InChI is InChI=1S/C30H25FN8/c1-3-21-5-4-6-23(29(21)31)19-37-9-11-38(12-10-37)28-8-7-22(15-33-28)27-13-24(26-17-34-36(2)18-26)20-39-30(27)25(14-32)16-35-39/h1,4-8,13,15-18,20H,9-12,19H2,2H3. The van der Waals surface area contributed by atoms with Crippen LogP contribution in [-0.2, 0) is 13.6 Å². The van der Waals surface area contributed by atoms with Crippen LogP contribution in [0.2, 0.25) is 0 Å². The van der Waals surface area contributed by atoms with Crippen LogP contribution >= 0.6 is 0 Å². The first-order chi connectivity index (χ1) is 19.0. The predicted octanol–water partition coefficient (Wildman–Crippen LogP) is 4.11. The molecule has 6 rings (SSSR count). The van der Waals surface area contributed by atoms with E-state index in [-0.39, 0.29) is 5.82 Å². The Morgan fingerprint density at radius 1 is 0.949 bits per heavy atom. The number of piperazine rings is 1. The highest BCUT2D eigenvalue weighted by Gasteiger charge is 2.20. The van der Waals surface area contributed by atoms with E-state index in [0.717, 1.165) is 59.8 Å². The second-order valence-electron chi connectivity index (χ2n) is 9.60. The third-order valence-electron chi connectivity index (χ3n) is 7.15. The average Bonchev–Trinajstić information content (AvgIpc) is 3.60. The largest absolute Gasteiger partial charge is 0.354 e. The van der Waals surface area contributed by atoms with Gasteiger partial charge < -0.3 is 4.90 Å². The molecule has 4 aromatic heterocycles. The van der Waals surface area contributed by atoms with Crippen LogP contribution in [-0.4, -0.2) is 55.5 Å². The summed E-state index contributed by atoms with van der Waals surface area (Å²) in [6, 6.07) is 13.6. The smallest absolute Gasteiger partial charge is 0.143 e. The fourth-order valence-electron chi connectivity index (χ4n) is 5.07. The number of anilines is 1. The zero-order valence-electron chi connectivity index (χ0n) is 21.4. The monoisotopic (exact) mass is 516 g/mol. The van der Waals surface area contributed by atoms with Gasteiger partial charge in [0.2, 0.25) is 0 Å². The zero-order chi connectivity index (χ0) is 26.9. The normalized spacial score (nSPS) is 13.9. The molecule has 0 N–H and O–H groups in total. The van der Waals surface area contributed by atoms with E-state index in [0.29, 0.717) is 23.2 Å². The van der Waals surface area contributed by atoms with Crippen molar-refractivity contribution in [1.29, 1.82) is 5.26 Å². The molecule has 39 heavy (non-hydrogen) atoms. The van der Waals surface area contributed by atoms with Gasteiger partial charge in [0.1, 0.15) is 17.7 Å². The predicted molar refractivity (Wildman–Crippen MR) is 147 cm³/mol. The molecule has 0 spiro atoms. The van der Waals surface area contributed by atoms with E-state index in [2.05, 4.69) is 38.1 Å². The van der Waals surface area contributed by atoms with Crippen molar-refractivity contribution in [2.45, 2.75) is 6.54 Å². The van der Waals surface area contributed by atoms with Crippen molar-refractivity contribution in [2.75, 3.05) is 31.1 Å². The molecule has 1 aliphatic rings. The minimum absolute atomic E-state index is 0.302. The van der Waals surface area contributed by atoms with Crippen molar-refractivity contribution in [3.05, 3.63) is 89.9 Å². The lowest BCUT2D eigenvalue weighted by atomic mass is 10.0. The molecular weight excluding hydrogens is 491 g/mol. The van der Waals surface area contributed by atoms with E-state index >= 15 is 0 Å². The van der Waals surface area contributed by atoms with Crippen LogP contribution in [0.4, 0.5) is 10.2 Å². The van der Waals surface area contributed by atoms with E-state index in [1.54, 1.807) is 39.8 Å². The molecule has 192 valence electrons. The summed E-state index contributed by atoms with van der Waals surface area (Å²) in [5.41, 5.74) is 5.86. The second-order valence-corrected chi connectivity index (χ2v) is 9.60. The number of hydrogen-bond donors (Lipinski definition) is 0. The molecule has 1 saturated heterocycles.